The second-order valence-electron chi connectivity index (χ2n) is 6.22. The molecule has 142 valence electrons. The molecule has 3 aromatic rings. The predicted octanol–water partition coefficient (Wildman–Crippen LogP) is 3.35. The number of pyridine rings is 1. The summed E-state index contributed by atoms with van der Waals surface area (Å²) in [4.78, 5) is 20.8. The number of benzene rings is 1. The van der Waals surface area contributed by atoms with Gasteiger partial charge in [-0.3, -0.25) is 0 Å². The van der Waals surface area contributed by atoms with E-state index in [0.717, 1.165) is 5.56 Å². The smallest absolute Gasteiger partial charge is 0.347 e. The summed E-state index contributed by atoms with van der Waals surface area (Å²) in [6, 6.07) is 10.5. The van der Waals surface area contributed by atoms with Gasteiger partial charge in [0.2, 0.25) is 5.88 Å². The number of rotatable bonds is 5. The Labute approximate surface area is 168 Å². The van der Waals surface area contributed by atoms with Crippen molar-refractivity contribution in [3.05, 3.63) is 59.5 Å². The molecule has 2 N–H and O–H groups in total. The second kappa shape index (κ2) is 7.67. The molecule has 1 aliphatic heterocycles. The van der Waals surface area contributed by atoms with Crippen LogP contribution in [0.2, 0.25) is 0 Å². The topological polar surface area (TPSA) is 97.0 Å². The van der Waals surface area contributed by atoms with E-state index in [0.29, 0.717) is 22.5 Å². The van der Waals surface area contributed by atoms with Crippen LogP contribution in [-0.4, -0.2) is 36.7 Å². The van der Waals surface area contributed by atoms with Gasteiger partial charge in [-0.2, -0.15) is 0 Å². The fourth-order valence-corrected chi connectivity index (χ4v) is 2.90. The summed E-state index contributed by atoms with van der Waals surface area (Å²) in [5.74, 6) is -0.267. The fraction of sp³-hybridized carbons (Fsp3) is 0.0952. The highest BCUT2D eigenvalue weighted by atomic mass is 16.5. The minimum absolute atomic E-state index is 0.0684. The number of carbonyl (C=O) groups excluding carboxylic acids is 1. The van der Waals surface area contributed by atoms with Crippen LogP contribution in [0.5, 0.6) is 5.75 Å². The van der Waals surface area contributed by atoms with Crippen molar-refractivity contribution >= 4 is 54.5 Å². The summed E-state index contributed by atoms with van der Waals surface area (Å²) < 4.78 is 10.8. The molecular weight excluding hydrogens is 369 g/mol. The molecule has 1 aliphatic rings. The van der Waals surface area contributed by atoms with Crippen molar-refractivity contribution in [2.24, 2.45) is 4.99 Å². The van der Waals surface area contributed by atoms with Crippen LogP contribution in [-0.2, 0) is 4.74 Å². The Balaban J connectivity index is 1.76. The third-order valence-corrected chi connectivity index (χ3v) is 4.27. The van der Waals surface area contributed by atoms with Crippen molar-refractivity contribution in [1.82, 2.24) is 4.98 Å². The van der Waals surface area contributed by atoms with Crippen LogP contribution < -0.4 is 10.8 Å². The van der Waals surface area contributed by atoms with Crippen LogP contribution >= 0.6 is 0 Å². The molecule has 2 aromatic heterocycles. The van der Waals surface area contributed by atoms with Crippen LogP contribution in [0, 0.1) is 0 Å². The number of furan rings is 1. The molecule has 3 heterocycles. The van der Waals surface area contributed by atoms with Gasteiger partial charge in [0.15, 0.2) is 22.9 Å². The molecular formula is C21H16BN3O4. The fourth-order valence-electron chi connectivity index (χ4n) is 2.90. The lowest BCUT2D eigenvalue weighted by atomic mass is 9.96. The van der Waals surface area contributed by atoms with Crippen molar-refractivity contribution < 1.29 is 19.1 Å². The number of carbonyl (C=O) groups is 1. The quantitative estimate of drug-likeness (QED) is 0.517. The molecule has 0 atom stereocenters. The van der Waals surface area contributed by atoms with Crippen molar-refractivity contribution in [1.29, 1.82) is 0 Å². The van der Waals surface area contributed by atoms with E-state index < -0.39 is 5.97 Å². The Morgan fingerprint density at radius 1 is 1.31 bits per heavy atom. The summed E-state index contributed by atoms with van der Waals surface area (Å²) in [6.45, 7) is 1.84. The zero-order chi connectivity index (χ0) is 20.4. The Bertz CT molecular complexity index is 1130. The number of hydrogen-bond donors (Lipinski definition) is 2. The van der Waals surface area contributed by atoms with E-state index in [-0.39, 0.29) is 29.6 Å². The molecule has 7 nitrogen and oxygen atoms in total. The van der Waals surface area contributed by atoms with E-state index >= 15 is 0 Å². The molecule has 0 saturated heterocycles. The number of nitrogens with zero attached hydrogens (tertiary/aromatic N) is 2. The van der Waals surface area contributed by atoms with E-state index in [9.17, 15) is 9.90 Å². The third kappa shape index (κ3) is 3.64. The van der Waals surface area contributed by atoms with Gasteiger partial charge in [-0.1, -0.05) is 17.6 Å². The molecule has 0 fully saturated rings. The number of aliphatic imine (C=N–C) groups is 1. The summed E-state index contributed by atoms with van der Waals surface area (Å²) in [7, 11) is 5.71. The standard InChI is InChI=1S/C21H16BN3O4/c1-2-28-21(27)17-18(26)16(10-12-11-24-19-15(12)4-3-9-23-19)29-20(17)25-14-7-5-13(22)6-8-14/h3-11,25-26H,2H2,1H3. The van der Waals surface area contributed by atoms with Gasteiger partial charge in [0.05, 0.1) is 6.61 Å². The van der Waals surface area contributed by atoms with Crippen LogP contribution in [0.1, 0.15) is 28.6 Å². The highest BCUT2D eigenvalue weighted by Gasteiger charge is 2.27. The van der Waals surface area contributed by atoms with Crippen LogP contribution in [0.4, 0.5) is 17.4 Å². The maximum atomic E-state index is 12.4. The van der Waals surface area contributed by atoms with Gasteiger partial charge in [0, 0.05) is 29.2 Å². The third-order valence-electron chi connectivity index (χ3n) is 4.27. The monoisotopic (exact) mass is 385 g/mol. The molecule has 0 saturated carbocycles. The molecule has 0 bridgehead atoms. The van der Waals surface area contributed by atoms with Crippen LogP contribution in [0.25, 0.3) is 11.6 Å². The van der Waals surface area contributed by atoms with Gasteiger partial charge in [0.25, 0.3) is 0 Å². The molecule has 4 rings (SSSR count). The number of nitrogens with one attached hydrogen (secondary N) is 1. The van der Waals surface area contributed by atoms with E-state index in [1.54, 1.807) is 55.7 Å². The molecule has 8 heteroatoms. The van der Waals surface area contributed by atoms with Crippen molar-refractivity contribution in [3.8, 4) is 5.75 Å². The van der Waals surface area contributed by atoms with Gasteiger partial charge in [-0.05, 0) is 37.3 Å². The Kier molecular flexibility index (Phi) is 4.91. The maximum Gasteiger partial charge on any atom is 0.347 e. The predicted molar refractivity (Wildman–Crippen MR) is 112 cm³/mol. The van der Waals surface area contributed by atoms with Crippen molar-refractivity contribution in [2.75, 3.05) is 11.9 Å². The van der Waals surface area contributed by atoms with Crippen LogP contribution in [0.3, 0.4) is 0 Å². The normalized spacial score (nSPS) is 13.5. The van der Waals surface area contributed by atoms with Gasteiger partial charge in [0.1, 0.15) is 7.85 Å². The number of allylic oxidation sites excluding steroid dienone is 1. The van der Waals surface area contributed by atoms with Crippen LogP contribution in [0.15, 0.2) is 52.0 Å². The molecule has 2 radical (unpaired) electrons. The highest BCUT2D eigenvalue weighted by Crippen LogP contribution is 2.39. The van der Waals surface area contributed by atoms with Crippen molar-refractivity contribution in [2.45, 2.75) is 6.92 Å². The number of ether oxygens (including phenoxy) is 1. The summed E-state index contributed by atoms with van der Waals surface area (Å²) in [5, 5.41) is 13.7. The number of anilines is 2. The average Bonchev–Trinajstić information content (AvgIpc) is 3.25. The van der Waals surface area contributed by atoms with Gasteiger partial charge < -0.3 is 19.6 Å². The van der Waals surface area contributed by atoms with E-state index in [1.807, 2.05) is 6.07 Å². The number of aromatic nitrogens is 1. The lowest BCUT2D eigenvalue weighted by Gasteiger charge is -2.06. The van der Waals surface area contributed by atoms with Gasteiger partial charge in [-0.25, -0.2) is 14.8 Å². The summed E-state index contributed by atoms with van der Waals surface area (Å²) >= 11 is 0. The number of fused-ring (bicyclic) bond motifs is 1. The molecule has 0 spiro atoms. The zero-order valence-electron chi connectivity index (χ0n) is 15.5. The van der Waals surface area contributed by atoms with Gasteiger partial charge >= 0.3 is 5.97 Å². The first kappa shape index (κ1) is 18.6. The SMILES string of the molecule is [B]c1ccc(Nc2oc(C=C3C=Nc4ncccc43)c(O)c2C(=O)OCC)cc1. The zero-order valence-corrected chi connectivity index (χ0v) is 15.5. The maximum absolute atomic E-state index is 12.4. The average molecular weight is 385 g/mol. The molecule has 0 unspecified atom stereocenters. The number of aromatic hydroxyl groups is 1. The first-order chi connectivity index (χ1) is 14.1. The van der Waals surface area contributed by atoms with E-state index in [4.69, 9.17) is 17.0 Å². The van der Waals surface area contributed by atoms with Crippen molar-refractivity contribution in [3.63, 3.8) is 0 Å². The highest BCUT2D eigenvalue weighted by molar-refractivity contribution is 6.32. The Morgan fingerprint density at radius 3 is 2.86 bits per heavy atom. The Hall–Kier alpha value is -3.81. The molecule has 29 heavy (non-hydrogen) atoms. The largest absolute Gasteiger partial charge is 0.504 e. The lowest BCUT2D eigenvalue weighted by molar-refractivity contribution is 0.0524. The Morgan fingerprint density at radius 2 is 2.10 bits per heavy atom. The first-order valence-electron chi connectivity index (χ1n) is 8.93. The minimum atomic E-state index is -0.696. The summed E-state index contributed by atoms with van der Waals surface area (Å²) in [6.07, 6.45) is 4.87. The minimum Gasteiger partial charge on any atom is -0.504 e. The summed E-state index contributed by atoms with van der Waals surface area (Å²) in [5.41, 5.74) is 2.65. The first-order valence-corrected chi connectivity index (χ1v) is 8.93. The number of esters is 1. The second-order valence-corrected chi connectivity index (χ2v) is 6.22. The molecule has 0 aliphatic carbocycles. The number of hydrogen-bond acceptors (Lipinski definition) is 7. The molecule has 1 aromatic carbocycles. The van der Waals surface area contributed by atoms with Gasteiger partial charge in [-0.15, -0.1) is 0 Å². The van der Waals surface area contributed by atoms with E-state index in [1.165, 1.54) is 0 Å². The lowest BCUT2D eigenvalue weighted by Crippen LogP contribution is -2.07. The molecule has 0 amide bonds. The van der Waals surface area contributed by atoms with E-state index in [2.05, 4.69) is 15.3 Å².